The van der Waals surface area contributed by atoms with E-state index < -0.39 is 0 Å². The van der Waals surface area contributed by atoms with E-state index in [0.717, 1.165) is 17.3 Å². The monoisotopic (exact) mass is 223 g/mol. The summed E-state index contributed by atoms with van der Waals surface area (Å²) in [7, 11) is 0. The van der Waals surface area contributed by atoms with Crippen LogP contribution in [0.2, 0.25) is 0 Å². The fraction of sp³-hybridized carbons (Fsp3) is 1.00. The van der Waals surface area contributed by atoms with Crippen LogP contribution in [0, 0.1) is 22.7 Å². The molecule has 2 aliphatic rings. The quantitative estimate of drug-likeness (QED) is 0.714. The van der Waals surface area contributed by atoms with E-state index in [1.165, 1.54) is 45.2 Å². The minimum absolute atomic E-state index is 0.606. The summed E-state index contributed by atoms with van der Waals surface area (Å²) in [5.74, 6) is 1.94. The second-order valence-corrected chi connectivity index (χ2v) is 7.11. The Morgan fingerprint density at radius 2 is 1.94 bits per heavy atom. The predicted octanol–water partition coefficient (Wildman–Crippen LogP) is 3.84. The lowest BCUT2D eigenvalue weighted by molar-refractivity contribution is 0.101. The van der Waals surface area contributed by atoms with Crippen LogP contribution in [0.25, 0.3) is 0 Å². The lowest BCUT2D eigenvalue weighted by Gasteiger charge is -2.40. The summed E-state index contributed by atoms with van der Waals surface area (Å²) in [4.78, 5) is 0. The standard InChI is InChI=1S/C15H29N/c1-5-8-16-11-13-10-15(13)7-6-14(3,4)9-12(15)2/h12-13,16H,5-11H2,1-4H3. The zero-order valence-corrected chi connectivity index (χ0v) is 11.6. The molecule has 1 spiro atoms. The molecule has 2 fully saturated rings. The molecule has 3 atom stereocenters. The van der Waals surface area contributed by atoms with Gasteiger partial charge in [0.15, 0.2) is 0 Å². The highest BCUT2D eigenvalue weighted by Crippen LogP contribution is 2.66. The fourth-order valence-electron chi connectivity index (χ4n) is 3.99. The minimum atomic E-state index is 0.606. The Bertz CT molecular complexity index is 246. The van der Waals surface area contributed by atoms with Gasteiger partial charge in [0.2, 0.25) is 0 Å². The highest BCUT2D eigenvalue weighted by Gasteiger charge is 2.58. The van der Waals surface area contributed by atoms with E-state index in [0.29, 0.717) is 5.41 Å². The van der Waals surface area contributed by atoms with Crippen LogP contribution in [0.15, 0.2) is 0 Å². The highest BCUT2D eigenvalue weighted by atomic mass is 14.9. The summed E-state index contributed by atoms with van der Waals surface area (Å²) in [5, 5.41) is 3.61. The van der Waals surface area contributed by atoms with Gasteiger partial charge in [-0.25, -0.2) is 0 Å². The first kappa shape index (κ1) is 12.4. The van der Waals surface area contributed by atoms with E-state index in [1.54, 1.807) is 0 Å². The van der Waals surface area contributed by atoms with Gasteiger partial charge in [0.1, 0.15) is 0 Å². The van der Waals surface area contributed by atoms with Crippen molar-refractivity contribution in [3.8, 4) is 0 Å². The van der Waals surface area contributed by atoms with Crippen molar-refractivity contribution >= 4 is 0 Å². The van der Waals surface area contributed by atoms with E-state index in [-0.39, 0.29) is 0 Å². The molecule has 94 valence electrons. The summed E-state index contributed by atoms with van der Waals surface area (Å²) < 4.78 is 0. The van der Waals surface area contributed by atoms with Crippen LogP contribution in [-0.2, 0) is 0 Å². The van der Waals surface area contributed by atoms with Gasteiger partial charge in [-0.05, 0) is 67.9 Å². The molecule has 1 heteroatoms. The van der Waals surface area contributed by atoms with Crippen LogP contribution in [0.5, 0.6) is 0 Å². The molecule has 0 bridgehead atoms. The lowest BCUT2D eigenvalue weighted by atomic mass is 9.65. The van der Waals surface area contributed by atoms with Crippen molar-refractivity contribution < 1.29 is 0 Å². The maximum atomic E-state index is 3.61. The summed E-state index contributed by atoms with van der Waals surface area (Å²) >= 11 is 0. The number of rotatable bonds is 4. The van der Waals surface area contributed by atoms with Gasteiger partial charge in [-0.2, -0.15) is 0 Å². The van der Waals surface area contributed by atoms with E-state index in [4.69, 9.17) is 0 Å². The van der Waals surface area contributed by atoms with Crippen LogP contribution in [0.4, 0.5) is 0 Å². The molecule has 1 nitrogen and oxygen atoms in total. The molecule has 0 aromatic rings. The van der Waals surface area contributed by atoms with Crippen molar-refractivity contribution in [1.29, 1.82) is 0 Å². The molecule has 2 rings (SSSR count). The highest BCUT2D eigenvalue weighted by molar-refractivity contribution is 5.09. The van der Waals surface area contributed by atoms with Gasteiger partial charge < -0.3 is 5.32 Å². The maximum absolute atomic E-state index is 3.61. The Kier molecular flexibility index (Phi) is 3.36. The van der Waals surface area contributed by atoms with Crippen LogP contribution < -0.4 is 5.32 Å². The van der Waals surface area contributed by atoms with Crippen LogP contribution >= 0.6 is 0 Å². The predicted molar refractivity (Wildman–Crippen MR) is 70.5 cm³/mol. The Hall–Kier alpha value is -0.0400. The molecule has 1 N–H and O–H groups in total. The molecule has 0 amide bonds. The van der Waals surface area contributed by atoms with Crippen LogP contribution in [-0.4, -0.2) is 13.1 Å². The van der Waals surface area contributed by atoms with Crippen molar-refractivity contribution in [2.24, 2.45) is 22.7 Å². The van der Waals surface area contributed by atoms with Crippen molar-refractivity contribution in [3.05, 3.63) is 0 Å². The average Bonchev–Trinajstić information content (AvgIpc) is 2.89. The zero-order chi connectivity index (χ0) is 11.8. The maximum Gasteiger partial charge on any atom is -0.00149 e. The van der Waals surface area contributed by atoms with Gasteiger partial charge in [-0.1, -0.05) is 27.7 Å². The van der Waals surface area contributed by atoms with Crippen molar-refractivity contribution in [2.75, 3.05) is 13.1 Å². The Balaban J connectivity index is 1.83. The first-order chi connectivity index (χ1) is 7.50. The molecule has 0 heterocycles. The number of hydrogen-bond donors (Lipinski definition) is 1. The molecule has 0 aliphatic heterocycles. The number of hydrogen-bond acceptors (Lipinski definition) is 1. The van der Waals surface area contributed by atoms with Crippen molar-refractivity contribution in [1.82, 2.24) is 5.32 Å². The van der Waals surface area contributed by atoms with Crippen LogP contribution in [0.1, 0.15) is 59.8 Å². The smallest absolute Gasteiger partial charge is 0.00149 e. The number of nitrogens with one attached hydrogen (secondary N) is 1. The van der Waals surface area contributed by atoms with Gasteiger partial charge in [-0.3, -0.25) is 0 Å². The molecule has 2 saturated carbocycles. The third-order valence-corrected chi connectivity index (χ3v) is 5.20. The third kappa shape index (κ3) is 2.30. The van der Waals surface area contributed by atoms with E-state index >= 15 is 0 Å². The van der Waals surface area contributed by atoms with E-state index in [9.17, 15) is 0 Å². The van der Waals surface area contributed by atoms with Gasteiger partial charge in [0.05, 0.1) is 0 Å². The molecule has 0 aromatic heterocycles. The lowest BCUT2D eigenvalue weighted by Crippen LogP contribution is -2.32. The Morgan fingerprint density at radius 3 is 2.56 bits per heavy atom. The molecule has 3 unspecified atom stereocenters. The third-order valence-electron chi connectivity index (χ3n) is 5.20. The molecule has 16 heavy (non-hydrogen) atoms. The summed E-state index contributed by atoms with van der Waals surface area (Å²) in [6.45, 7) is 12.1. The second-order valence-electron chi connectivity index (χ2n) is 7.11. The molecular formula is C15H29N. The topological polar surface area (TPSA) is 12.0 Å². The average molecular weight is 223 g/mol. The Morgan fingerprint density at radius 1 is 1.19 bits per heavy atom. The van der Waals surface area contributed by atoms with Gasteiger partial charge >= 0.3 is 0 Å². The molecular weight excluding hydrogens is 194 g/mol. The molecule has 0 aromatic carbocycles. The van der Waals surface area contributed by atoms with E-state index in [1.807, 2.05) is 0 Å². The van der Waals surface area contributed by atoms with E-state index in [2.05, 4.69) is 33.0 Å². The summed E-state index contributed by atoms with van der Waals surface area (Å²) in [6, 6.07) is 0. The normalized spacial score (nSPS) is 41.2. The first-order valence-corrected chi connectivity index (χ1v) is 7.21. The van der Waals surface area contributed by atoms with Crippen molar-refractivity contribution in [2.45, 2.75) is 59.8 Å². The molecule has 2 aliphatic carbocycles. The SMILES string of the molecule is CCCNCC1CC12CCC(C)(C)CC2C. The molecule has 0 saturated heterocycles. The molecule has 0 radical (unpaired) electrons. The summed E-state index contributed by atoms with van der Waals surface area (Å²) in [6.07, 6.45) is 7.14. The first-order valence-electron chi connectivity index (χ1n) is 7.21. The van der Waals surface area contributed by atoms with Gasteiger partial charge in [0.25, 0.3) is 0 Å². The van der Waals surface area contributed by atoms with Gasteiger partial charge in [-0.15, -0.1) is 0 Å². The van der Waals surface area contributed by atoms with Crippen molar-refractivity contribution in [3.63, 3.8) is 0 Å². The van der Waals surface area contributed by atoms with Gasteiger partial charge in [0, 0.05) is 0 Å². The van der Waals surface area contributed by atoms with Crippen LogP contribution in [0.3, 0.4) is 0 Å². The zero-order valence-electron chi connectivity index (χ0n) is 11.6. The fourth-order valence-corrected chi connectivity index (χ4v) is 3.99. The largest absolute Gasteiger partial charge is 0.316 e. The Labute approximate surface area is 101 Å². The minimum Gasteiger partial charge on any atom is -0.316 e. The summed E-state index contributed by atoms with van der Waals surface area (Å²) in [5.41, 5.74) is 1.35. The second kappa shape index (κ2) is 4.33.